The average Bonchev–Trinajstić information content (AvgIpc) is 2.65. The highest BCUT2D eigenvalue weighted by Gasteiger charge is 2.06. The van der Waals surface area contributed by atoms with Crippen molar-refractivity contribution < 1.29 is 9.13 Å². The Morgan fingerprint density at radius 3 is 2.88 bits per heavy atom. The molecule has 0 fully saturated rings. The van der Waals surface area contributed by atoms with Crippen molar-refractivity contribution in [3.63, 3.8) is 0 Å². The minimum absolute atomic E-state index is 0.224. The second-order valence-electron chi connectivity index (χ2n) is 3.59. The zero-order valence-corrected chi connectivity index (χ0v) is 9.97. The van der Waals surface area contributed by atoms with Crippen LogP contribution in [-0.2, 0) is 11.3 Å². The Morgan fingerprint density at radius 1 is 1.38 bits per heavy atom. The molecule has 0 amide bonds. The number of hydrogen-bond donors (Lipinski definition) is 0. The molecule has 84 valence electrons. The summed E-state index contributed by atoms with van der Waals surface area (Å²) in [6.45, 7) is 2.36. The third kappa shape index (κ3) is 2.46. The second-order valence-corrected chi connectivity index (χ2v) is 4.45. The Hall–Kier alpha value is -1.26. The molecule has 0 saturated carbocycles. The van der Waals surface area contributed by atoms with Crippen LogP contribution in [0.25, 0.3) is 10.6 Å². The first kappa shape index (κ1) is 11.2. The molecule has 0 radical (unpaired) electrons. The summed E-state index contributed by atoms with van der Waals surface area (Å²) in [6.07, 6.45) is 0. The number of halogens is 1. The van der Waals surface area contributed by atoms with E-state index in [4.69, 9.17) is 4.74 Å². The van der Waals surface area contributed by atoms with Crippen molar-refractivity contribution in [2.45, 2.75) is 13.5 Å². The van der Waals surface area contributed by atoms with E-state index in [-0.39, 0.29) is 5.82 Å². The van der Waals surface area contributed by atoms with Crippen molar-refractivity contribution in [3.05, 3.63) is 40.7 Å². The zero-order chi connectivity index (χ0) is 11.5. The maximum Gasteiger partial charge on any atom is 0.124 e. The van der Waals surface area contributed by atoms with Gasteiger partial charge in [-0.15, -0.1) is 11.3 Å². The van der Waals surface area contributed by atoms with Gasteiger partial charge >= 0.3 is 0 Å². The van der Waals surface area contributed by atoms with Gasteiger partial charge in [0.2, 0.25) is 0 Å². The minimum Gasteiger partial charge on any atom is -0.378 e. The Labute approximate surface area is 97.7 Å². The fraction of sp³-hybridized carbons (Fsp3) is 0.250. The first-order valence-electron chi connectivity index (χ1n) is 4.90. The first-order valence-corrected chi connectivity index (χ1v) is 5.78. The van der Waals surface area contributed by atoms with E-state index in [9.17, 15) is 4.39 Å². The maximum atomic E-state index is 13.2. The van der Waals surface area contributed by atoms with Crippen LogP contribution in [0.2, 0.25) is 0 Å². The van der Waals surface area contributed by atoms with Crippen molar-refractivity contribution >= 4 is 11.3 Å². The number of thiazole rings is 1. The molecule has 1 aromatic carbocycles. The molecule has 0 aliphatic rings. The van der Waals surface area contributed by atoms with Crippen molar-refractivity contribution in [1.82, 2.24) is 4.98 Å². The van der Waals surface area contributed by atoms with Gasteiger partial charge < -0.3 is 4.74 Å². The molecule has 2 rings (SSSR count). The monoisotopic (exact) mass is 237 g/mol. The summed E-state index contributed by atoms with van der Waals surface area (Å²) in [5.41, 5.74) is 2.60. The molecule has 2 nitrogen and oxygen atoms in total. The van der Waals surface area contributed by atoms with Gasteiger partial charge in [0.15, 0.2) is 0 Å². The molecule has 0 spiro atoms. The lowest BCUT2D eigenvalue weighted by Crippen LogP contribution is -1.88. The number of rotatable bonds is 3. The second kappa shape index (κ2) is 4.72. The molecule has 0 saturated heterocycles. The van der Waals surface area contributed by atoms with Crippen LogP contribution < -0.4 is 0 Å². The number of nitrogens with zero attached hydrogens (tertiary/aromatic N) is 1. The molecule has 0 aliphatic heterocycles. The SMILES string of the molecule is COCc1csc(-c2cc(C)cc(F)c2)n1. The van der Waals surface area contributed by atoms with Gasteiger partial charge in [0, 0.05) is 18.1 Å². The molecule has 1 heterocycles. The Bertz CT molecular complexity index is 475. The largest absolute Gasteiger partial charge is 0.378 e. The van der Waals surface area contributed by atoms with Gasteiger partial charge in [-0.1, -0.05) is 0 Å². The Kier molecular flexibility index (Phi) is 3.31. The maximum absolute atomic E-state index is 13.2. The van der Waals surface area contributed by atoms with Gasteiger partial charge in [0.25, 0.3) is 0 Å². The molecule has 0 aliphatic carbocycles. The molecule has 0 atom stereocenters. The summed E-state index contributed by atoms with van der Waals surface area (Å²) in [4.78, 5) is 4.38. The standard InChI is InChI=1S/C12H12FNOS/c1-8-3-9(5-10(13)4-8)12-14-11(6-15-2)7-16-12/h3-5,7H,6H2,1-2H3. The number of ether oxygens (including phenoxy) is 1. The third-order valence-corrected chi connectivity index (χ3v) is 3.07. The van der Waals surface area contributed by atoms with Crippen LogP contribution in [0.5, 0.6) is 0 Å². The summed E-state index contributed by atoms with van der Waals surface area (Å²) in [6, 6.07) is 4.94. The highest BCUT2D eigenvalue weighted by atomic mass is 32.1. The van der Waals surface area contributed by atoms with Gasteiger partial charge in [0.1, 0.15) is 10.8 Å². The fourth-order valence-electron chi connectivity index (χ4n) is 1.51. The number of benzene rings is 1. The number of hydrogen-bond acceptors (Lipinski definition) is 3. The van der Waals surface area contributed by atoms with Crippen molar-refractivity contribution in [1.29, 1.82) is 0 Å². The van der Waals surface area contributed by atoms with E-state index in [1.54, 1.807) is 7.11 Å². The molecular weight excluding hydrogens is 225 g/mol. The lowest BCUT2D eigenvalue weighted by molar-refractivity contribution is 0.182. The molecule has 2 aromatic rings. The van der Waals surface area contributed by atoms with E-state index < -0.39 is 0 Å². The van der Waals surface area contributed by atoms with Crippen LogP contribution in [0.1, 0.15) is 11.3 Å². The molecule has 1 aromatic heterocycles. The van der Waals surface area contributed by atoms with Gasteiger partial charge in [0.05, 0.1) is 12.3 Å². The molecular formula is C12H12FNOS. The average molecular weight is 237 g/mol. The normalized spacial score (nSPS) is 10.7. The summed E-state index contributed by atoms with van der Waals surface area (Å²) < 4.78 is 18.2. The van der Waals surface area contributed by atoms with E-state index >= 15 is 0 Å². The molecule has 0 N–H and O–H groups in total. The van der Waals surface area contributed by atoms with Crippen LogP contribution >= 0.6 is 11.3 Å². The van der Waals surface area contributed by atoms with Crippen LogP contribution in [-0.4, -0.2) is 12.1 Å². The summed E-state index contributed by atoms with van der Waals surface area (Å²) in [5, 5.41) is 2.76. The van der Waals surface area contributed by atoms with Gasteiger partial charge in [-0.05, 0) is 30.7 Å². The lowest BCUT2D eigenvalue weighted by atomic mass is 10.1. The quantitative estimate of drug-likeness (QED) is 0.816. The Morgan fingerprint density at radius 2 is 2.19 bits per heavy atom. The number of methoxy groups -OCH3 is 1. The van der Waals surface area contributed by atoms with Crippen LogP contribution in [0.3, 0.4) is 0 Å². The molecule has 4 heteroatoms. The van der Waals surface area contributed by atoms with E-state index in [2.05, 4.69) is 4.98 Å². The van der Waals surface area contributed by atoms with E-state index in [1.807, 2.05) is 18.4 Å². The number of aromatic nitrogens is 1. The van der Waals surface area contributed by atoms with Crippen molar-refractivity contribution in [3.8, 4) is 10.6 Å². The Balaban J connectivity index is 2.34. The van der Waals surface area contributed by atoms with Crippen LogP contribution in [0, 0.1) is 12.7 Å². The number of aryl methyl sites for hydroxylation is 1. The van der Waals surface area contributed by atoms with E-state index in [0.29, 0.717) is 6.61 Å². The molecule has 0 unspecified atom stereocenters. The minimum atomic E-state index is -0.224. The van der Waals surface area contributed by atoms with Crippen molar-refractivity contribution in [2.75, 3.05) is 7.11 Å². The summed E-state index contributed by atoms with van der Waals surface area (Å²) in [5.74, 6) is -0.224. The topological polar surface area (TPSA) is 22.1 Å². The predicted octanol–water partition coefficient (Wildman–Crippen LogP) is 3.40. The summed E-state index contributed by atoms with van der Waals surface area (Å²) >= 11 is 1.50. The summed E-state index contributed by atoms with van der Waals surface area (Å²) in [7, 11) is 1.63. The van der Waals surface area contributed by atoms with Crippen LogP contribution in [0.15, 0.2) is 23.6 Å². The molecule has 0 bridgehead atoms. The first-order chi connectivity index (χ1) is 7.69. The van der Waals surface area contributed by atoms with Gasteiger partial charge in [-0.2, -0.15) is 0 Å². The smallest absolute Gasteiger partial charge is 0.124 e. The predicted molar refractivity (Wildman–Crippen MR) is 63.0 cm³/mol. The lowest BCUT2D eigenvalue weighted by Gasteiger charge is -1.99. The van der Waals surface area contributed by atoms with Crippen molar-refractivity contribution in [2.24, 2.45) is 0 Å². The van der Waals surface area contributed by atoms with E-state index in [1.165, 1.54) is 23.5 Å². The van der Waals surface area contributed by atoms with Gasteiger partial charge in [-0.25, -0.2) is 9.37 Å². The third-order valence-electron chi connectivity index (χ3n) is 2.13. The highest BCUT2D eigenvalue weighted by Crippen LogP contribution is 2.25. The fourth-order valence-corrected chi connectivity index (χ4v) is 2.31. The van der Waals surface area contributed by atoms with E-state index in [0.717, 1.165) is 21.8 Å². The van der Waals surface area contributed by atoms with Crippen LogP contribution in [0.4, 0.5) is 4.39 Å². The molecule has 16 heavy (non-hydrogen) atoms. The zero-order valence-electron chi connectivity index (χ0n) is 9.16. The highest BCUT2D eigenvalue weighted by molar-refractivity contribution is 7.13. The van der Waals surface area contributed by atoms with Gasteiger partial charge in [-0.3, -0.25) is 0 Å².